The van der Waals surface area contributed by atoms with Crippen LogP contribution in [0.15, 0.2) is 77.8 Å². The highest BCUT2D eigenvalue weighted by molar-refractivity contribution is 5.66. The molecule has 2 aromatic rings. The first-order valence-corrected chi connectivity index (χ1v) is 12.9. The first-order chi connectivity index (χ1) is 18.1. The van der Waals surface area contributed by atoms with E-state index in [0.29, 0.717) is 49.7 Å². The van der Waals surface area contributed by atoms with Gasteiger partial charge >= 0.3 is 0 Å². The molecule has 0 unspecified atom stereocenters. The molecule has 0 spiro atoms. The zero-order valence-corrected chi connectivity index (χ0v) is 21.3. The van der Waals surface area contributed by atoms with Gasteiger partial charge in [0.1, 0.15) is 6.29 Å². The summed E-state index contributed by atoms with van der Waals surface area (Å²) in [6.07, 6.45) is 14.5. The minimum Gasteiger partial charge on any atom is -0.490 e. The van der Waals surface area contributed by atoms with Gasteiger partial charge in [0.2, 0.25) is 0 Å². The van der Waals surface area contributed by atoms with E-state index < -0.39 is 0 Å². The van der Waals surface area contributed by atoms with Gasteiger partial charge < -0.3 is 20.9 Å². The molecule has 2 aromatic carbocycles. The summed E-state index contributed by atoms with van der Waals surface area (Å²) in [4.78, 5) is 10.9. The van der Waals surface area contributed by atoms with Crippen molar-refractivity contribution in [3.05, 3.63) is 101 Å². The zero-order valence-electron chi connectivity index (χ0n) is 21.3. The molecular formula is C31H36N3O3. The molecule has 193 valence electrons. The van der Waals surface area contributed by atoms with E-state index in [4.69, 9.17) is 26.2 Å². The summed E-state index contributed by atoms with van der Waals surface area (Å²) in [6, 6.07) is 16.3. The lowest BCUT2D eigenvalue weighted by molar-refractivity contribution is -0.104. The predicted molar refractivity (Wildman–Crippen MR) is 148 cm³/mol. The van der Waals surface area contributed by atoms with Crippen molar-refractivity contribution in [1.29, 1.82) is 5.26 Å². The van der Waals surface area contributed by atoms with E-state index >= 15 is 0 Å². The first-order valence-electron chi connectivity index (χ1n) is 12.9. The number of carbonyl (C=O) groups is 1. The summed E-state index contributed by atoms with van der Waals surface area (Å²) in [7, 11) is 0. The van der Waals surface area contributed by atoms with Crippen LogP contribution in [0.25, 0.3) is 0 Å². The van der Waals surface area contributed by atoms with Crippen molar-refractivity contribution in [1.82, 2.24) is 0 Å². The van der Waals surface area contributed by atoms with Gasteiger partial charge in [-0.25, -0.2) is 0 Å². The van der Waals surface area contributed by atoms with Crippen LogP contribution in [0.2, 0.25) is 0 Å². The quantitative estimate of drug-likeness (QED) is 0.139. The lowest BCUT2D eigenvalue weighted by Crippen LogP contribution is -2.11. The number of nitriles is 1. The molecule has 37 heavy (non-hydrogen) atoms. The number of nitrogens with two attached hydrogens (primary N) is 2. The van der Waals surface area contributed by atoms with Gasteiger partial charge in [-0.05, 0) is 85.9 Å². The molecule has 0 aliphatic heterocycles. The molecule has 0 atom stereocenters. The number of hydrogen-bond donors (Lipinski definition) is 2. The van der Waals surface area contributed by atoms with Crippen molar-refractivity contribution >= 4 is 17.7 Å². The molecule has 6 nitrogen and oxygen atoms in total. The van der Waals surface area contributed by atoms with Gasteiger partial charge in [0.05, 0.1) is 19.3 Å². The monoisotopic (exact) mass is 498 g/mol. The maximum atomic E-state index is 10.9. The average molecular weight is 499 g/mol. The Balaban J connectivity index is 1.57. The Kier molecular flexibility index (Phi) is 11.3. The minimum atomic E-state index is 0.446. The Morgan fingerprint density at radius 2 is 1.68 bits per heavy atom. The third-order valence-corrected chi connectivity index (χ3v) is 6.22. The molecule has 0 amide bonds. The number of allylic oxidation sites excluding steroid dienone is 4. The van der Waals surface area contributed by atoms with E-state index in [2.05, 4.69) is 30.3 Å². The molecule has 0 aromatic heterocycles. The number of hydrogen-bond acceptors (Lipinski definition) is 6. The van der Waals surface area contributed by atoms with Crippen molar-refractivity contribution in [3.8, 4) is 6.07 Å². The summed E-state index contributed by atoms with van der Waals surface area (Å²) >= 11 is 0. The maximum absolute atomic E-state index is 10.9. The Morgan fingerprint density at radius 3 is 2.41 bits per heavy atom. The Morgan fingerprint density at radius 1 is 0.919 bits per heavy atom. The van der Waals surface area contributed by atoms with Crippen LogP contribution in [0.4, 0.5) is 11.4 Å². The highest BCUT2D eigenvalue weighted by Crippen LogP contribution is 2.28. The Bertz CT molecular complexity index is 1170. The van der Waals surface area contributed by atoms with Crippen molar-refractivity contribution in [3.63, 3.8) is 0 Å². The summed E-state index contributed by atoms with van der Waals surface area (Å²) in [5, 5.41) is 8.77. The topological polar surface area (TPSA) is 111 Å². The lowest BCUT2D eigenvalue weighted by atomic mass is 9.98. The number of aldehydes is 1. The number of unbranched alkanes of at least 4 members (excludes halogenated alkanes) is 2. The first kappa shape index (κ1) is 27.6. The lowest BCUT2D eigenvalue weighted by Gasteiger charge is -2.21. The molecule has 0 saturated heterocycles. The van der Waals surface area contributed by atoms with E-state index in [0.717, 1.165) is 55.2 Å². The minimum absolute atomic E-state index is 0.446. The molecule has 0 saturated carbocycles. The van der Waals surface area contributed by atoms with Gasteiger partial charge in [0, 0.05) is 29.8 Å². The zero-order chi connectivity index (χ0) is 26.3. The number of benzene rings is 2. The number of nitrogen functional groups attached to an aromatic ring is 2. The van der Waals surface area contributed by atoms with E-state index in [-0.39, 0.29) is 0 Å². The Hall–Kier alpha value is -3.98. The normalized spacial score (nSPS) is 13.3. The SMILES string of the molecule is N#CCCCOC1=CC[CH]C(/C=C/C=O)=C1OCCc1ccccc1CCCCc1ccc(N)cc1N. The molecule has 3 rings (SSSR count). The van der Waals surface area contributed by atoms with Crippen molar-refractivity contribution in [2.24, 2.45) is 0 Å². The third kappa shape index (κ3) is 8.88. The molecular weight excluding hydrogens is 462 g/mol. The van der Waals surface area contributed by atoms with E-state index in [1.165, 1.54) is 17.2 Å². The second-order valence-electron chi connectivity index (χ2n) is 8.93. The van der Waals surface area contributed by atoms with Crippen LogP contribution in [-0.2, 0) is 33.5 Å². The van der Waals surface area contributed by atoms with Crippen LogP contribution in [-0.4, -0.2) is 19.5 Å². The van der Waals surface area contributed by atoms with Gasteiger partial charge in [-0.15, -0.1) is 0 Å². The standard InChI is InChI=1S/C31H36N3O3/c32-19-5-6-21-36-30-15-7-13-27(14-8-20-35)31(30)37-22-18-25-11-2-1-9-24(25)10-3-4-12-26-16-17-28(33)23-29(26)34/h1-2,8-9,11,13-17,20,23H,3-7,10,12,18,21-22,33-34H2/b14-8+. The second-order valence-corrected chi connectivity index (χ2v) is 8.93. The van der Waals surface area contributed by atoms with Gasteiger partial charge in [-0.2, -0.15) is 5.26 Å². The number of rotatable bonds is 15. The number of anilines is 2. The fraction of sp³-hybridized carbons (Fsp3) is 0.323. The summed E-state index contributed by atoms with van der Waals surface area (Å²) < 4.78 is 12.1. The molecule has 1 aliphatic carbocycles. The van der Waals surface area contributed by atoms with Crippen LogP contribution in [0.1, 0.15) is 48.8 Å². The predicted octanol–water partition coefficient (Wildman–Crippen LogP) is 5.80. The number of nitrogens with zero attached hydrogens (tertiary/aromatic N) is 1. The largest absolute Gasteiger partial charge is 0.490 e. The summed E-state index contributed by atoms with van der Waals surface area (Å²) in [6.45, 7) is 0.932. The smallest absolute Gasteiger partial charge is 0.164 e. The highest BCUT2D eigenvalue weighted by atomic mass is 16.5. The van der Waals surface area contributed by atoms with E-state index in [1.54, 1.807) is 6.08 Å². The van der Waals surface area contributed by atoms with Gasteiger partial charge in [-0.1, -0.05) is 36.4 Å². The summed E-state index contributed by atoms with van der Waals surface area (Å²) in [5.74, 6) is 1.31. The number of carbonyl (C=O) groups excluding carboxylic acids is 1. The van der Waals surface area contributed by atoms with Crippen molar-refractivity contribution < 1.29 is 14.3 Å². The number of ether oxygens (including phenoxy) is 2. The van der Waals surface area contributed by atoms with Gasteiger partial charge in [0.15, 0.2) is 11.5 Å². The second kappa shape index (κ2) is 15.2. The van der Waals surface area contributed by atoms with E-state index in [1.807, 2.05) is 30.7 Å². The van der Waals surface area contributed by atoms with Crippen LogP contribution in [0, 0.1) is 17.8 Å². The van der Waals surface area contributed by atoms with Crippen molar-refractivity contribution in [2.45, 2.75) is 51.4 Å². The fourth-order valence-electron chi connectivity index (χ4n) is 4.30. The third-order valence-electron chi connectivity index (χ3n) is 6.22. The molecule has 1 radical (unpaired) electrons. The number of aryl methyl sites for hydroxylation is 2. The molecule has 0 heterocycles. The van der Waals surface area contributed by atoms with Gasteiger partial charge in [0.25, 0.3) is 0 Å². The van der Waals surface area contributed by atoms with Crippen molar-refractivity contribution in [2.75, 3.05) is 24.7 Å². The van der Waals surface area contributed by atoms with Gasteiger partial charge in [-0.3, -0.25) is 4.79 Å². The summed E-state index contributed by atoms with van der Waals surface area (Å²) in [5.41, 5.74) is 17.9. The molecule has 0 fully saturated rings. The molecule has 1 aliphatic rings. The maximum Gasteiger partial charge on any atom is 0.164 e. The fourth-order valence-corrected chi connectivity index (χ4v) is 4.30. The molecule has 0 bridgehead atoms. The highest BCUT2D eigenvalue weighted by Gasteiger charge is 2.18. The molecule has 6 heteroatoms. The Labute approximate surface area is 220 Å². The van der Waals surface area contributed by atoms with E-state index in [9.17, 15) is 4.79 Å². The van der Waals surface area contributed by atoms with Crippen LogP contribution in [0.3, 0.4) is 0 Å². The average Bonchev–Trinajstić information content (AvgIpc) is 2.90. The molecule has 4 N–H and O–H groups in total. The van der Waals surface area contributed by atoms with Crippen LogP contribution >= 0.6 is 0 Å². The van der Waals surface area contributed by atoms with Crippen LogP contribution in [0.5, 0.6) is 0 Å². The van der Waals surface area contributed by atoms with Crippen LogP contribution < -0.4 is 11.5 Å².